The van der Waals surface area contributed by atoms with E-state index < -0.39 is 6.10 Å². The minimum atomic E-state index is -0.879. The number of aromatic nitrogens is 1. The number of nitrogens with one attached hydrogen (secondary N) is 1. The Kier molecular flexibility index (Phi) is 8.48. The van der Waals surface area contributed by atoms with E-state index in [4.69, 9.17) is 5.11 Å². The highest BCUT2D eigenvalue weighted by atomic mass is 16.3. The lowest BCUT2D eigenvalue weighted by Crippen LogP contribution is -2.29. The van der Waals surface area contributed by atoms with E-state index >= 15 is 0 Å². The van der Waals surface area contributed by atoms with Crippen LogP contribution in [0.5, 0.6) is 0 Å². The average molecular weight is 485 g/mol. The van der Waals surface area contributed by atoms with Crippen LogP contribution in [-0.2, 0) is 7.05 Å². The predicted molar refractivity (Wildman–Crippen MR) is 147 cm³/mol. The molecule has 3 N–H and O–H groups in total. The van der Waals surface area contributed by atoms with Crippen molar-refractivity contribution in [3.63, 3.8) is 0 Å². The maximum Gasteiger partial charge on any atom is 0.101 e. The molecule has 4 rings (SSSR count). The molecule has 1 saturated heterocycles. The number of nitrogens with zero attached hydrogens (tertiary/aromatic N) is 3. The molecule has 1 aromatic heterocycles. The van der Waals surface area contributed by atoms with Crippen LogP contribution in [0.15, 0.2) is 65.9 Å². The van der Waals surface area contributed by atoms with Crippen LogP contribution in [0.3, 0.4) is 0 Å². The van der Waals surface area contributed by atoms with Gasteiger partial charge in [-0.2, -0.15) is 5.26 Å². The Hall–Kier alpha value is -3.53. The van der Waals surface area contributed by atoms with Gasteiger partial charge in [-0.25, -0.2) is 0 Å². The van der Waals surface area contributed by atoms with Crippen molar-refractivity contribution in [2.45, 2.75) is 38.7 Å². The number of nitriles is 1. The van der Waals surface area contributed by atoms with E-state index in [0.717, 1.165) is 36.5 Å². The predicted octanol–water partition coefficient (Wildman–Crippen LogP) is 4.98. The van der Waals surface area contributed by atoms with Crippen molar-refractivity contribution in [3.8, 4) is 17.3 Å². The Bertz CT molecular complexity index is 1290. The zero-order valence-corrected chi connectivity index (χ0v) is 21.2. The molecule has 36 heavy (non-hydrogen) atoms. The summed E-state index contributed by atoms with van der Waals surface area (Å²) >= 11 is 0. The Balaban J connectivity index is 1.59. The van der Waals surface area contributed by atoms with Crippen LogP contribution >= 0.6 is 0 Å². The molecule has 0 amide bonds. The number of hydrogen-bond acceptors (Lipinski definition) is 5. The molecule has 1 aliphatic rings. The Morgan fingerprint density at radius 3 is 2.56 bits per heavy atom. The standard InChI is InChI=1S/C30H36N4O2/c1-3-7-29(32-20-28(36)21-35)25(19-31)18-26-12-13-30(33(26)2)24-9-8-23-17-27(11-10-22(23)16-24)34-14-5-4-6-15-34/h7-13,16-18,28,32,35-36H,3-6,14-15,20-21H2,1-2H3/b25-18+,29-7+. The van der Waals surface area contributed by atoms with Crippen LogP contribution in [0, 0.1) is 11.3 Å². The highest BCUT2D eigenvalue weighted by molar-refractivity contribution is 5.89. The summed E-state index contributed by atoms with van der Waals surface area (Å²) in [5, 5.41) is 34.2. The second kappa shape index (κ2) is 11.9. The molecule has 0 saturated carbocycles. The van der Waals surface area contributed by atoms with Gasteiger partial charge in [-0.3, -0.25) is 0 Å². The van der Waals surface area contributed by atoms with Gasteiger partial charge in [0.05, 0.1) is 18.3 Å². The highest BCUT2D eigenvalue weighted by Gasteiger charge is 2.13. The van der Waals surface area contributed by atoms with E-state index in [0.29, 0.717) is 11.3 Å². The quantitative estimate of drug-likeness (QED) is 0.295. The average Bonchev–Trinajstić information content (AvgIpc) is 3.29. The van der Waals surface area contributed by atoms with Gasteiger partial charge >= 0.3 is 0 Å². The van der Waals surface area contributed by atoms with Gasteiger partial charge < -0.3 is 25.0 Å². The fourth-order valence-electron chi connectivity index (χ4n) is 4.80. The molecule has 2 heterocycles. The molecule has 6 heteroatoms. The second-order valence-electron chi connectivity index (χ2n) is 9.41. The summed E-state index contributed by atoms with van der Waals surface area (Å²) in [6, 6.07) is 19.7. The number of benzene rings is 2. The molecule has 6 nitrogen and oxygen atoms in total. The number of fused-ring (bicyclic) bond motifs is 1. The smallest absolute Gasteiger partial charge is 0.101 e. The highest BCUT2D eigenvalue weighted by Crippen LogP contribution is 2.30. The third kappa shape index (κ3) is 5.81. The lowest BCUT2D eigenvalue weighted by molar-refractivity contribution is 0.0967. The van der Waals surface area contributed by atoms with Crippen LogP contribution < -0.4 is 10.2 Å². The number of aliphatic hydroxyl groups is 2. The van der Waals surface area contributed by atoms with E-state index in [-0.39, 0.29) is 13.2 Å². The van der Waals surface area contributed by atoms with Gasteiger partial charge in [0.25, 0.3) is 0 Å². The zero-order chi connectivity index (χ0) is 25.5. The van der Waals surface area contributed by atoms with Crippen molar-refractivity contribution in [3.05, 3.63) is 71.6 Å². The first-order chi connectivity index (χ1) is 17.5. The molecule has 0 spiro atoms. The van der Waals surface area contributed by atoms with Crippen molar-refractivity contribution in [2.24, 2.45) is 7.05 Å². The molecule has 1 atom stereocenters. The molecular formula is C30H36N4O2. The van der Waals surface area contributed by atoms with Crippen molar-refractivity contribution in [1.29, 1.82) is 5.26 Å². The van der Waals surface area contributed by atoms with Gasteiger partial charge in [-0.05, 0) is 78.4 Å². The molecule has 1 unspecified atom stereocenters. The molecule has 0 aliphatic carbocycles. The van der Waals surface area contributed by atoms with Gasteiger partial charge in [0.1, 0.15) is 6.07 Å². The third-order valence-electron chi connectivity index (χ3n) is 6.85. The van der Waals surface area contributed by atoms with E-state index in [2.05, 4.69) is 63.3 Å². The van der Waals surface area contributed by atoms with E-state index in [1.807, 2.05) is 32.2 Å². The van der Waals surface area contributed by atoms with Crippen LogP contribution in [0.2, 0.25) is 0 Å². The van der Waals surface area contributed by atoms with Crippen molar-refractivity contribution in [1.82, 2.24) is 9.88 Å². The molecule has 3 aromatic rings. The van der Waals surface area contributed by atoms with Crippen LogP contribution in [0.25, 0.3) is 28.1 Å². The van der Waals surface area contributed by atoms with Gasteiger partial charge in [0.2, 0.25) is 0 Å². The minimum Gasteiger partial charge on any atom is -0.394 e. The number of hydrogen-bond donors (Lipinski definition) is 3. The normalized spacial score (nSPS) is 15.7. The number of rotatable bonds is 9. The van der Waals surface area contributed by atoms with Crippen molar-refractivity contribution in [2.75, 3.05) is 31.1 Å². The summed E-state index contributed by atoms with van der Waals surface area (Å²) in [5.74, 6) is 0. The molecule has 2 aromatic carbocycles. The monoisotopic (exact) mass is 484 g/mol. The van der Waals surface area contributed by atoms with Crippen LogP contribution in [0.4, 0.5) is 5.69 Å². The number of allylic oxidation sites excluding steroid dienone is 2. The maximum atomic E-state index is 9.83. The largest absolute Gasteiger partial charge is 0.394 e. The zero-order valence-electron chi connectivity index (χ0n) is 21.2. The first-order valence-electron chi connectivity index (χ1n) is 12.8. The fraction of sp³-hybridized carbons (Fsp3) is 0.367. The summed E-state index contributed by atoms with van der Waals surface area (Å²) in [6.07, 6.45) is 7.51. The Morgan fingerprint density at radius 2 is 1.83 bits per heavy atom. The molecular weight excluding hydrogens is 448 g/mol. The third-order valence-corrected chi connectivity index (χ3v) is 6.85. The number of anilines is 1. The summed E-state index contributed by atoms with van der Waals surface area (Å²) in [6.45, 7) is 4.12. The van der Waals surface area contributed by atoms with E-state index in [1.165, 1.54) is 35.7 Å². The number of piperidine rings is 1. The Morgan fingerprint density at radius 1 is 1.08 bits per heavy atom. The topological polar surface area (TPSA) is 84.4 Å². The van der Waals surface area contributed by atoms with Crippen molar-refractivity contribution < 1.29 is 10.2 Å². The van der Waals surface area contributed by atoms with E-state index in [1.54, 1.807) is 0 Å². The summed E-state index contributed by atoms with van der Waals surface area (Å²) < 4.78 is 2.09. The molecule has 0 radical (unpaired) electrons. The fourth-order valence-corrected chi connectivity index (χ4v) is 4.80. The van der Waals surface area contributed by atoms with Crippen molar-refractivity contribution >= 4 is 22.5 Å². The molecule has 1 aliphatic heterocycles. The summed E-state index contributed by atoms with van der Waals surface area (Å²) in [5.41, 5.74) is 5.56. The second-order valence-corrected chi connectivity index (χ2v) is 9.41. The maximum absolute atomic E-state index is 9.83. The molecule has 188 valence electrons. The molecule has 0 bridgehead atoms. The Labute approximate surface area is 213 Å². The summed E-state index contributed by atoms with van der Waals surface area (Å²) in [4.78, 5) is 2.49. The lowest BCUT2D eigenvalue weighted by atomic mass is 10.0. The van der Waals surface area contributed by atoms with Crippen LogP contribution in [-0.4, -0.2) is 47.1 Å². The molecule has 1 fully saturated rings. The summed E-state index contributed by atoms with van der Waals surface area (Å²) in [7, 11) is 2.01. The van der Waals surface area contributed by atoms with Gasteiger partial charge in [0, 0.05) is 49.5 Å². The van der Waals surface area contributed by atoms with Crippen LogP contribution in [0.1, 0.15) is 38.3 Å². The van der Waals surface area contributed by atoms with E-state index in [9.17, 15) is 10.4 Å². The first kappa shape index (κ1) is 25.6. The first-order valence-corrected chi connectivity index (χ1v) is 12.8. The van der Waals surface area contributed by atoms with Gasteiger partial charge in [0.15, 0.2) is 0 Å². The SMILES string of the molecule is CC/C=C(NCC(O)CO)\C(C#N)=C\c1ccc(-c2ccc3cc(N4CCCCC4)ccc3c2)n1C. The van der Waals surface area contributed by atoms with Gasteiger partial charge in [-0.15, -0.1) is 0 Å². The minimum absolute atomic E-state index is 0.177. The van der Waals surface area contributed by atoms with Gasteiger partial charge in [-0.1, -0.05) is 31.2 Å². The number of aliphatic hydroxyl groups excluding tert-OH is 2. The lowest BCUT2D eigenvalue weighted by Gasteiger charge is -2.29.